The van der Waals surface area contributed by atoms with E-state index in [4.69, 9.17) is 0 Å². The van der Waals surface area contributed by atoms with Gasteiger partial charge in [-0.3, -0.25) is 14.6 Å². The van der Waals surface area contributed by atoms with Crippen LogP contribution in [-0.2, 0) is 4.79 Å². The summed E-state index contributed by atoms with van der Waals surface area (Å²) in [6.45, 7) is 5.48. The monoisotopic (exact) mass is 344 g/mol. The summed E-state index contributed by atoms with van der Waals surface area (Å²) in [4.78, 5) is 29.9. The number of hydrogen-bond acceptors (Lipinski definition) is 4. The molecule has 2 aliphatic carbocycles. The lowest BCUT2D eigenvalue weighted by Crippen LogP contribution is -2.33. The van der Waals surface area contributed by atoms with Crippen molar-refractivity contribution in [2.24, 2.45) is 10.9 Å². The Labute approximate surface area is 152 Å². The summed E-state index contributed by atoms with van der Waals surface area (Å²) in [6.07, 6.45) is 7.64. The van der Waals surface area contributed by atoms with E-state index in [0.717, 1.165) is 35.4 Å². The number of dihydropyridines is 1. The molecule has 0 saturated heterocycles. The Hall–Kier alpha value is -3.01. The molecular weight excluding hydrogens is 324 g/mol. The molecule has 1 N–H and O–H groups in total. The molecule has 26 heavy (non-hydrogen) atoms. The van der Waals surface area contributed by atoms with Crippen molar-refractivity contribution in [1.29, 1.82) is 0 Å². The lowest BCUT2D eigenvalue weighted by molar-refractivity contribution is -0.116. The van der Waals surface area contributed by atoms with E-state index in [1.165, 1.54) is 0 Å². The fourth-order valence-corrected chi connectivity index (χ4v) is 4.18. The van der Waals surface area contributed by atoms with Gasteiger partial charge in [0.15, 0.2) is 11.6 Å². The van der Waals surface area contributed by atoms with Crippen LogP contribution >= 0.6 is 0 Å². The molecule has 4 nitrogen and oxygen atoms in total. The average molecular weight is 344 g/mol. The number of rotatable bonds is 3. The Morgan fingerprint density at radius 2 is 1.96 bits per heavy atom. The van der Waals surface area contributed by atoms with Gasteiger partial charge in [-0.15, -0.1) is 0 Å². The lowest BCUT2D eigenvalue weighted by Gasteiger charge is -2.33. The van der Waals surface area contributed by atoms with Gasteiger partial charge in [-0.25, -0.2) is 0 Å². The predicted molar refractivity (Wildman–Crippen MR) is 103 cm³/mol. The Bertz CT molecular complexity index is 960. The maximum absolute atomic E-state index is 13.2. The fraction of sp³-hybridized carbons (Fsp3) is 0.227. The number of aliphatic imine (C=N–C) groups is 1. The first-order valence-corrected chi connectivity index (χ1v) is 8.87. The number of carbonyl (C=O) groups excluding carboxylic acids is 2. The minimum Gasteiger partial charge on any atom is -0.358 e. The van der Waals surface area contributed by atoms with Crippen LogP contribution in [0.4, 0.5) is 0 Å². The number of benzene rings is 1. The minimum absolute atomic E-state index is 0.0162. The molecule has 1 unspecified atom stereocenters. The second-order valence-corrected chi connectivity index (χ2v) is 6.70. The van der Waals surface area contributed by atoms with Crippen LogP contribution in [0.3, 0.4) is 0 Å². The van der Waals surface area contributed by atoms with Crippen LogP contribution in [-0.4, -0.2) is 18.3 Å². The van der Waals surface area contributed by atoms with E-state index < -0.39 is 5.92 Å². The molecule has 4 heteroatoms. The molecule has 4 rings (SSSR count). The number of hydrogen-bond donors (Lipinski definition) is 1. The molecule has 0 bridgehead atoms. The highest BCUT2D eigenvalue weighted by Crippen LogP contribution is 2.47. The minimum atomic E-state index is -0.393. The lowest BCUT2D eigenvalue weighted by atomic mass is 9.74. The largest absolute Gasteiger partial charge is 0.358 e. The van der Waals surface area contributed by atoms with Crippen molar-refractivity contribution in [3.63, 3.8) is 0 Å². The summed E-state index contributed by atoms with van der Waals surface area (Å²) in [5.41, 5.74) is 5.55. The summed E-state index contributed by atoms with van der Waals surface area (Å²) in [6, 6.07) is 7.61. The van der Waals surface area contributed by atoms with Crippen molar-refractivity contribution in [1.82, 2.24) is 5.32 Å². The summed E-state index contributed by atoms with van der Waals surface area (Å²) in [5, 5.41) is 3.42. The standard InChI is InChI=1S/C22H20N2O2/c1-3-7-13(12-23-2)18-19-16(10-6-11-17(19)25)24-21-14-8-4-5-9-15(14)22(26)20(18)21/h3-5,7-9,12,18,24H,2,6,10-11H2,1H3/b7-3-,13-12+. The van der Waals surface area contributed by atoms with E-state index >= 15 is 0 Å². The van der Waals surface area contributed by atoms with Crippen molar-refractivity contribution < 1.29 is 9.59 Å². The van der Waals surface area contributed by atoms with Crippen molar-refractivity contribution in [3.8, 4) is 0 Å². The number of ketones is 2. The molecule has 0 fully saturated rings. The molecule has 1 heterocycles. The molecule has 1 aromatic carbocycles. The predicted octanol–water partition coefficient (Wildman–Crippen LogP) is 3.98. The van der Waals surface area contributed by atoms with Gasteiger partial charge >= 0.3 is 0 Å². The average Bonchev–Trinajstić information content (AvgIpc) is 2.93. The smallest absolute Gasteiger partial charge is 0.192 e. The summed E-state index contributed by atoms with van der Waals surface area (Å²) in [7, 11) is 0. The fourth-order valence-electron chi connectivity index (χ4n) is 4.18. The van der Waals surface area contributed by atoms with Crippen LogP contribution in [0.1, 0.15) is 42.1 Å². The zero-order chi connectivity index (χ0) is 18.3. The first-order chi connectivity index (χ1) is 12.7. The van der Waals surface area contributed by atoms with Crippen LogP contribution in [0.15, 0.2) is 70.0 Å². The molecule has 1 aliphatic heterocycles. The molecule has 3 aliphatic rings. The second kappa shape index (κ2) is 6.37. The van der Waals surface area contributed by atoms with E-state index in [2.05, 4.69) is 17.0 Å². The molecule has 1 atom stereocenters. The van der Waals surface area contributed by atoms with Crippen molar-refractivity contribution in [2.75, 3.05) is 0 Å². The zero-order valence-corrected chi connectivity index (χ0v) is 14.7. The highest BCUT2D eigenvalue weighted by atomic mass is 16.1. The van der Waals surface area contributed by atoms with Gasteiger partial charge in [-0.05, 0) is 32.1 Å². The van der Waals surface area contributed by atoms with Gasteiger partial charge in [0, 0.05) is 46.5 Å². The molecule has 0 saturated carbocycles. The zero-order valence-electron chi connectivity index (χ0n) is 14.7. The van der Waals surface area contributed by atoms with Gasteiger partial charge in [-0.1, -0.05) is 36.4 Å². The van der Waals surface area contributed by atoms with Gasteiger partial charge in [0.05, 0.1) is 5.70 Å². The van der Waals surface area contributed by atoms with Gasteiger partial charge in [0.2, 0.25) is 0 Å². The number of fused-ring (bicyclic) bond motifs is 2. The van der Waals surface area contributed by atoms with Crippen LogP contribution in [0, 0.1) is 5.92 Å². The molecule has 0 radical (unpaired) electrons. The summed E-state index contributed by atoms with van der Waals surface area (Å²) < 4.78 is 0. The summed E-state index contributed by atoms with van der Waals surface area (Å²) in [5.74, 6) is -0.299. The van der Waals surface area contributed by atoms with Gasteiger partial charge in [0.1, 0.15) is 0 Å². The van der Waals surface area contributed by atoms with E-state index in [1.54, 1.807) is 6.20 Å². The number of nitrogens with zero attached hydrogens (tertiary/aromatic N) is 1. The van der Waals surface area contributed by atoms with Crippen molar-refractivity contribution >= 4 is 24.0 Å². The first-order valence-electron chi connectivity index (χ1n) is 8.87. The number of nitrogens with one attached hydrogen (secondary N) is 1. The Kier molecular flexibility index (Phi) is 4.03. The molecule has 1 aromatic rings. The van der Waals surface area contributed by atoms with Crippen LogP contribution < -0.4 is 5.32 Å². The van der Waals surface area contributed by atoms with Gasteiger partial charge in [0.25, 0.3) is 0 Å². The summed E-state index contributed by atoms with van der Waals surface area (Å²) >= 11 is 0. The normalized spacial score (nSPS) is 22.3. The Balaban J connectivity index is 1.97. The number of carbonyl (C=O) groups is 2. The van der Waals surface area contributed by atoms with Gasteiger partial charge in [-0.2, -0.15) is 0 Å². The molecule has 0 spiro atoms. The van der Waals surface area contributed by atoms with E-state index in [0.29, 0.717) is 23.1 Å². The van der Waals surface area contributed by atoms with Crippen molar-refractivity contribution in [2.45, 2.75) is 26.2 Å². The number of allylic oxidation sites excluding steroid dienone is 6. The third-order valence-electron chi connectivity index (χ3n) is 5.20. The first kappa shape index (κ1) is 16.5. The third-order valence-corrected chi connectivity index (χ3v) is 5.20. The van der Waals surface area contributed by atoms with Crippen LogP contribution in [0.2, 0.25) is 0 Å². The third kappa shape index (κ3) is 2.33. The van der Waals surface area contributed by atoms with Gasteiger partial charge < -0.3 is 5.32 Å². The van der Waals surface area contributed by atoms with E-state index in [-0.39, 0.29) is 11.6 Å². The maximum Gasteiger partial charge on any atom is 0.192 e. The van der Waals surface area contributed by atoms with E-state index in [9.17, 15) is 9.59 Å². The Morgan fingerprint density at radius 1 is 1.19 bits per heavy atom. The number of Topliss-reactive ketones (excluding diaryl/α,β-unsaturated/α-hetero) is 2. The maximum atomic E-state index is 13.2. The molecular formula is C22H20N2O2. The highest BCUT2D eigenvalue weighted by molar-refractivity contribution is 6.23. The molecule has 0 amide bonds. The molecule has 0 aromatic heterocycles. The van der Waals surface area contributed by atoms with Crippen LogP contribution in [0.5, 0.6) is 0 Å². The van der Waals surface area contributed by atoms with Crippen molar-refractivity contribution in [3.05, 3.63) is 76.2 Å². The highest BCUT2D eigenvalue weighted by Gasteiger charge is 2.43. The quantitative estimate of drug-likeness (QED) is 0.666. The Morgan fingerprint density at radius 3 is 2.69 bits per heavy atom. The topological polar surface area (TPSA) is 58.5 Å². The molecule has 130 valence electrons. The van der Waals surface area contributed by atoms with Crippen LogP contribution in [0.25, 0.3) is 5.70 Å². The van der Waals surface area contributed by atoms with E-state index in [1.807, 2.05) is 43.3 Å². The SMILES string of the molecule is C=N/C=C(\C=C/C)C1C2=C(CCCC2=O)NC2=C1C(=O)c1ccccc12. The second-order valence-electron chi connectivity index (χ2n) is 6.70.